The molecule has 0 aliphatic carbocycles. The van der Waals surface area contributed by atoms with Crippen molar-refractivity contribution in [1.29, 1.82) is 0 Å². The molecule has 0 aliphatic rings. The molecule has 0 heterocycles. The van der Waals surface area contributed by atoms with E-state index in [-0.39, 0.29) is 11.6 Å². The number of hydrogen-bond acceptors (Lipinski definition) is 1. The smallest absolute Gasteiger partial charge is 0.138 e. The number of para-hydroxylation sites is 1. The lowest BCUT2D eigenvalue weighted by molar-refractivity contribution is 0.476. The third-order valence-electron chi connectivity index (χ3n) is 4.53. The monoisotopic (exact) mass is 338 g/mol. The van der Waals surface area contributed by atoms with Crippen LogP contribution < -0.4 is 0 Å². The Bertz CT molecular complexity index is 916. The van der Waals surface area contributed by atoms with Gasteiger partial charge in [0, 0.05) is 16.7 Å². The minimum Gasteiger partial charge on any atom is -0.507 e. The first-order chi connectivity index (χ1) is 12.1. The zero-order valence-electron chi connectivity index (χ0n) is 14.3. The fraction of sp³-hybridized carbons (Fsp3) is 0.182. The van der Waals surface area contributed by atoms with Crippen molar-refractivity contribution < 1.29 is 13.9 Å². The number of benzene rings is 3. The summed E-state index contributed by atoms with van der Waals surface area (Å²) in [5.41, 5.74) is 3.14. The summed E-state index contributed by atoms with van der Waals surface area (Å²) in [5, 5.41) is 10.0. The lowest BCUT2D eigenvalue weighted by atomic mass is 9.93. The van der Waals surface area contributed by atoms with Gasteiger partial charge in [-0.05, 0) is 41.7 Å². The van der Waals surface area contributed by atoms with E-state index in [0.29, 0.717) is 40.7 Å². The Kier molecular flexibility index (Phi) is 4.84. The van der Waals surface area contributed by atoms with Gasteiger partial charge in [0.2, 0.25) is 0 Å². The van der Waals surface area contributed by atoms with E-state index in [2.05, 4.69) is 0 Å². The molecule has 3 rings (SSSR count). The van der Waals surface area contributed by atoms with Gasteiger partial charge in [0.15, 0.2) is 0 Å². The Morgan fingerprint density at radius 2 is 1.48 bits per heavy atom. The van der Waals surface area contributed by atoms with Crippen LogP contribution in [0.3, 0.4) is 0 Å². The summed E-state index contributed by atoms with van der Waals surface area (Å²) >= 11 is 0. The maximum atomic E-state index is 15.1. The van der Waals surface area contributed by atoms with Gasteiger partial charge < -0.3 is 5.11 Å². The molecule has 3 heteroatoms. The predicted octanol–water partition coefficient (Wildman–Crippen LogP) is 6.13. The molecular formula is C22H20F2O. The topological polar surface area (TPSA) is 20.2 Å². The van der Waals surface area contributed by atoms with Crippen molar-refractivity contribution in [3.05, 3.63) is 77.4 Å². The molecular weight excluding hydrogens is 318 g/mol. The highest BCUT2D eigenvalue weighted by Gasteiger charge is 2.16. The van der Waals surface area contributed by atoms with Gasteiger partial charge in [-0.25, -0.2) is 8.78 Å². The second-order valence-electron chi connectivity index (χ2n) is 5.99. The maximum Gasteiger partial charge on any atom is 0.138 e. The zero-order chi connectivity index (χ0) is 18.0. The predicted molar refractivity (Wildman–Crippen MR) is 97.7 cm³/mol. The van der Waals surface area contributed by atoms with Crippen LogP contribution in [0.15, 0.2) is 54.6 Å². The number of rotatable bonds is 4. The van der Waals surface area contributed by atoms with Crippen molar-refractivity contribution in [3.8, 4) is 28.0 Å². The van der Waals surface area contributed by atoms with E-state index >= 15 is 4.39 Å². The lowest BCUT2D eigenvalue weighted by Crippen LogP contribution is -1.98. The molecule has 25 heavy (non-hydrogen) atoms. The normalized spacial score (nSPS) is 10.9. The first-order valence-corrected chi connectivity index (χ1v) is 8.45. The molecule has 0 amide bonds. The van der Waals surface area contributed by atoms with Crippen molar-refractivity contribution in [2.75, 3.05) is 0 Å². The zero-order valence-corrected chi connectivity index (χ0v) is 14.3. The molecule has 0 saturated heterocycles. The highest BCUT2D eigenvalue weighted by molar-refractivity contribution is 5.77. The van der Waals surface area contributed by atoms with Crippen LogP contribution in [0, 0.1) is 11.6 Å². The molecule has 0 radical (unpaired) electrons. The van der Waals surface area contributed by atoms with Crippen molar-refractivity contribution >= 4 is 0 Å². The van der Waals surface area contributed by atoms with Crippen LogP contribution in [0.2, 0.25) is 0 Å². The van der Waals surface area contributed by atoms with Crippen LogP contribution in [-0.2, 0) is 12.8 Å². The van der Waals surface area contributed by atoms with E-state index in [0.717, 1.165) is 5.56 Å². The van der Waals surface area contributed by atoms with Crippen molar-refractivity contribution in [1.82, 2.24) is 0 Å². The fourth-order valence-electron chi connectivity index (χ4n) is 3.22. The highest BCUT2D eigenvalue weighted by Crippen LogP contribution is 2.36. The van der Waals surface area contributed by atoms with Gasteiger partial charge in [-0.1, -0.05) is 56.3 Å². The Labute approximate surface area is 146 Å². The minimum absolute atomic E-state index is 0.0142. The van der Waals surface area contributed by atoms with Crippen LogP contribution in [0.1, 0.15) is 25.0 Å². The van der Waals surface area contributed by atoms with E-state index in [1.54, 1.807) is 36.4 Å². The molecule has 128 valence electrons. The standard InChI is InChI=1S/C22H20F2O/c1-3-14-12-15(13-20(23)16(14)4-2)17-9-7-10-19(22(17)24)18-8-5-6-11-21(18)25/h5-13,25H,3-4H2,1-2H3. The lowest BCUT2D eigenvalue weighted by Gasteiger charge is -2.13. The minimum atomic E-state index is -0.463. The molecule has 0 bridgehead atoms. The number of aromatic hydroxyl groups is 1. The summed E-state index contributed by atoms with van der Waals surface area (Å²) in [5.74, 6) is -0.751. The molecule has 0 spiro atoms. The number of hydrogen-bond donors (Lipinski definition) is 1. The Balaban J connectivity index is 2.19. The third-order valence-corrected chi connectivity index (χ3v) is 4.53. The molecule has 0 fully saturated rings. The Morgan fingerprint density at radius 1 is 0.800 bits per heavy atom. The summed E-state index contributed by atoms with van der Waals surface area (Å²) in [4.78, 5) is 0. The average Bonchev–Trinajstić information content (AvgIpc) is 2.62. The van der Waals surface area contributed by atoms with Crippen LogP contribution >= 0.6 is 0 Å². The molecule has 0 atom stereocenters. The van der Waals surface area contributed by atoms with Gasteiger partial charge in [0.05, 0.1) is 0 Å². The molecule has 0 unspecified atom stereocenters. The van der Waals surface area contributed by atoms with Crippen LogP contribution in [-0.4, -0.2) is 5.11 Å². The summed E-state index contributed by atoms with van der Waals surface area (Å²) in [7, 11) is 0. The third kappa shape index (κ3) is 3.14. The SMILES string of the molecule is CCc1cc(-c2cccc(-c3ccccc3O)c2F)cc(F)c1CC. The molecule has 0 aliphatic heterocycles. The van der Waals surface area contributed by atoms with Crippen molar-refractivity contribution in [2.45, 2.75) is 26.7 Å². The average molecular weight is 338 g/mol. The Hall–Kier alpha value is -2.68. The second kappa shape index (κ2) is 7.06. The van der Waals surface area contributed by atoms with E-state index in [9.17, 15) is 9.50 Å². The summed E-state index contributed by atoms with van der Waals surface area (Å²) in [6.45, 7) is 3.88. The number of halogens is 2. The fourth-order valence-corrected chi connectivity index (χ4v) is 3.22. The first-order valence-electron chi connectivity index (χ1n) is 8.45. The quantitative estimate of drug-likeness (QED) is 0.607. The van der Waals surface area contributed by atoms with Gasteiger partial charge in [-0.15, -0.1) is 0 Å². The Morgan fingerprint density at radius 3 is 2.16 bits per heavy atom. The van der Waals surface area contributed by atoms with Crippen LogP contribution in [0.5, 0.6) is 5.75 Å². The number of phenols is 1. The molecule has 3 aromatic rings. The molecule has 0 saturated carbocycles. The summed E-state index contributed by atoms with van der Waals surface area (Å²) in [6.07, 6.45) is 1.30. The highest BCUT2D eigenvalue weighted by atomic mass is 19.1. The van der Waals surface area contributed by atoms with Gasteiger partial charge in [-0.3, -0.25) is 0 Å². The second-order valence-corrected chi connectivity index (χ2v) is 5.99. The number of aryl methyl sites for hydroxylation is 1. The molecule has 1 nitrogen and oxygen atoms in total. The van der Waals surface area contributed by atoms with Crippen molar-refractivity contribution in [3.63, 3.8) is 0 Å². The van der Waals surface area contributed by atoms with Gasteiger partial charge in [-0.2, -0.15) is 0 Å². The van der Waals surface area contributed by atoms with Crippen LogP contribution in [0.25, 0.3) is 22.3 Å². The number of phenolic OH excluding ortho intramolecular Hbond substituents is 1. The largest absolute Gasteiger partial charge is 0.507 e. The van der Waals surface area contributed by atoms with Gasteiger partial charge in [0.25, 0.3) is 0 Å². The van der Waals surface area contributed by atoms with Crippen molar-refractivity contribution in [2.24, 2.45) is 0 Å². The van der Waals surface area contributed by atoms with Gasteiger partial charge in [0.1, 0.15) is 17.4 Å². The molecule has 1 N–H and O–H groups in total. The van der Waals surface area contributed by atoms with E-state index in [1.807, 2.05) is 19.9 Å². The summed E-state index contributed by atoms with van der Waals surface area (Å²) < 4.78 is 29.6. The van der Waals surface area contributed by atoms with Crippen LogP contribution in [0.4, 0.5) is 8.78 Å². The summed E-state index contributed by atoms with van der Waals surface area (Å²) in [6, 6.07) is 14.8. The van der Waals surface area contributed by atoms with Gasteiger partial charge >= 0.3 is 0 Å². The van der Waals surface area contributed by atoms with E-state index in [4.69, 9.17) is 0 Å². The maximum absolute atomic E-state index is 15.1. The first kappa shape index (κ1) is 17.2. The van der Waals surface area contributed by atoms with E-state index in [1.165, 1.54) is 12.1 Å². The molecule has 3 aromatic carbocycles. The molecule has 0 aromatic heterocycles. The van der Waals surface area contributed by atoms with E-state index < -0.39 is 5.82 Å².